The molecule has 0 unspecified atom stereocenters. The molecule has 0 bridgehead atoms. The number of benzene rings is 3. The van der Waals surface area contributed by atoms with Crippen molar-refractivity contribution < 1.29 is 23.5 Å². The topological polar surface area (TPSA) is 67.9 Å². The third-order valence-corrected chi connectivity index (χ3v) is 5.17. The lowest BCUT2D eigenvalue weighted by molar-refractivity contribution is -0.120. The summed E-state index contributed by atoms with van der Waals surface area (Å²) in [6.45, 7) is 0. The first-order valence-electron chi connectivity index (χ1n) is 9.56. The van der Waals surface area contributed by atoms with Crippen molar-refractivity contribution in [3.8, 4) is 11.5 Å². The van der Waals surface area contributed by atoms with Gasteiger partial charge in [0.2, 0.25) is 0 Å². The molecular formula is C24H18ClFN2O4. The van der Waals surface area contributed by atoms with E-state index >= 15 is 0 Å². The van der Waals surface area contributed by atoms with Crippen molar-refractivity contribution in [1.29, 1.82) is 0 Å². The number of amides is 2. The number of ether oxygens (including phenoxy) is 2. The Morgan fingerprint density at radius 2 is 1.44 bits per heavy atom. The molecule has 0 radical (unpaired) electrons. The Bertz CT molecular complexity index is 1200. The number of imide groups is 1. The lowest BCUT2D eigenvalue weighted by atomic mass is 10.0. The minimum atomic E-state index is -0.576. The summed E-state index contributed by atoms with van der Waals surface area (Å²) in [7, 11) is 3.02. The number of hydrogen-bond donors (Lipinski definition) is 1. The molecule has 0 aromatic heterocycles. The summed E-state index contributed by atoms with van der Waals surface area (Å²) in [5, 5.41) is 3.54. The van der Waals surface area contributed by atoms with Crippen molar-refractivity contribution in [3.05, 3.63) is 88.8 Å². The second kappa shape index (κ2) is 8.72. The third kappa shape index (κ3) is 4.02. The molecule has 0 spiro atoms. The van der Waals surface area contributed by atoms with Gasteiger partial charge in [-0.25, -0.2) is 9.29 Å². The van der Waals surface area contributed by atoms with Crippen molar-refractivity contribution in [2.45, 2.75) is 0 Å². The van der Waals surface area contributed by atoms with E-state index < -0.39 is 17.6 Å². The molecule has 32 heavy (non-hydrogen) atoms. The molecule has 0 fully saturated rings. The van der Waals surface area contributed by atoms with Crippen LogP contribution in [0.15, 0.2) is 72.4 Å². The molecule has 1 aliphatic rings. The zero-order valence-electron chi connectivity index (χ0n) is 17.2. The SMILES string of the molecule is COc1cc(NC2=C(c3ccc(Cl)cc3)C(=O)N(c3ccc(F)cc3)C2=O)cc(OC)c1. The molecular weight excluding hydrogens is 435 g/mol. The molecule has 0 atom stereocenters. The fraction of sp³-hybridized carbons (Fsp3) is 0.0833. The highest BCUT2D eigenvalue weighted by molar-refractivity contribution is 6.46. The van der Waals surface area contributed by atoms with E-state index in [9.17, 15) is 14.0 Å². The van der Waals surface area contributed by atoms with Crippen LogP contribution in [0.1, 0.15) is 5.56 Å². The first kappa shape index (κ1) is 21.4. The van der Waals surface area contributed by atoms with Crippen LogP contribution in [-0.4, -0.2) is 26.0 Å². The normalized spacial score (nSPS) is 13.6. The quantitative estimate of drug-likeness (QED) is 0.539. The van der Waals surface area contributed by atoms with E-state index in [1.54, 1.807) is 42.5 Å². The summed E-state index contributed by atoms with van der Waals surface area (Å²) in [5.41, 5.74) is 1.49. The minimum Gasteiger partial charge on any atom is -0.497 e. The van der Waals surface area contributed by atoms with Crippen LogP contribution in [0.3, 0.4) is 0 Å². The van der Waals surface area contributed by atoms with Crippen LogP contribution in [0.5, 0.6) is 11.5 Å². The van der Waals surface area contributed by atoms with E-state index in [1.807, 2.05) is 0 Å². The smallest absolute Gasteiger partial charge is 0.282 e. The molecule has 0 saturated heterocycles. The van der Waals surface area contributed by atoms with Crippen LogP contribution in [0, 0.1) is 5.82 Å². The van der Waals surface area contributed by atoms with Gasteiger partial charge in [-0.05, 0) is 42.0 Å². The van der Waals surface area contributed by atoms with Crippen molar-refractivity contribution in [2.75, 3.05) is 24.4 Å². The van der Waals surface area contributed by atoms with Crippen LogP contribution >= 0.6 is 11.6 Å². The first-order valence-corrected chi connectivity index (χ1v) is 9.93. The molecule has 0 saturated carbocycles. The van der Waals surface area contributed by atoms with Gasteiger partial charge in [-0.3, -0.25) is 9.59 Å². The lowest BCUT2D eigenvalue weighted by Gasteiger charge is -2.15. The summed E-state index contributed by atoms with van der Waals surface area (Å²) < 4.78 is 24.0. The number of nitrogens with zero attached hydrogens (tertiary/aromatic N) is 1. The van der Waals surface area contributed by atoms with Gasteiger partial charge in [0, 0.05) is 28.9 Å². The van der Waals surface area contributed by atoms with Crippen molar-refractivity contribution >= 4 is 40.4 Å². The third-order valence-electron chi connectivity index (χ3n) is 4.92. The van der Waals surface area contributed by atoms with Gasteiger partial charge in [-0.15, -0.1) is 0 Å². The highest BCUT2D eigenvalue weighted by atomic mass is 35.5. The van der Waals surface area contributed by atoms with E-state index in [0.717, 1.165) is 4.90 Å². The average molecular weight is 453 g/mol. The summed E-state index contributed by atoms with van der Waals surface area (Å²) in [5.74, 6) is -0.574. The number of halogens is 2. The highest BCUT2D eigenvalue weighted by Crippen LogP contribution is 2.35. The number of nitrogens with one attached hydrogen (secondary N) is 1. The Balaban J connectivity index is 1.82. The Morgan fingerprint density at radius 3 is 2.00 bits per heavy atom. The van der Waals surface area contributed by atoms with E-state index in [2.05, 4.69) is 5.32 Å². The number of rotatable bonds is 6. The van der Waals surface area contributed by atoms with Crippen molar-refractivity contribution in [1.82, 2.24) is 0 Å². The number of methoxy groups -OCH3 is 2. The van der Waals surface area contributed by atoms with E-state index in [4.69, 9.17) is 21.1 Å². The summed E-state index contributed by atoms with van der Waals surface area (Å²) >= 11 is 6.00. The molecule has 1 heterocycles. The molecule has 4 rings (SSSR count). The number of carbonyl (C=O) groups is 2. The predicted octanol–water partition coefficient (Wildman–Crippen LogP) is 4.89. The van der Waals surface area contributed by atoms with E-state index in [-0.39, 0.29) is 17.0 Å². The van der Waals surface area contributed by atoms with E-state index in [1.165, 1.54) is 38.5 Å². The van der Waals surface area contributed by atoms with Gasteiger partial charge in [0.05, 0.1) is 25.5 Å². The zero-order chi connectivity index (χ0) is 22.8. The number of anilines is 2. The number of carbonyl (C=O) groups excluding carboxylic acids is 2. The summed E-state index contributed by atoms with van der Waals surface area (Å²) in [6.07, 6.45) is 0. The van der Waals surface area contributed by atoms with Crippen molar-refractivity contribution in [2.24, 2.45) is 0 Å². The summed E-state index contributed by atoms with van der Waals surface area (Å²) in [4.78, 5) is 27.7. The highest BCUT2D eigenvalue weighted by Gasteiger charge is 2.40. The van der Waals surface area contributed by atoms with Crippen LogP contribution in [0.4, 0.5) is 15.8 Å². The Kier molecular flexibility index (Phi) is 5.83. The van der Waals surface area contributed by atoms with E-state index in [0.29, 0.717) is 27.8 Å². The standard InChI is InChI=1S/C24H18ClFN2O4/c1-31-19-11-17(12-20(13-19)32-2)27-22-21(14-3-5-15(25)6-4-14)23(29)28(24(22)30)18-9-7-16(26)8-10-18/h3-13,27H,1-2H3. The molecule has 0 aliphatic carbocycles. The second-order valence-electron chi connectivity index (χ2n) is 6.91. The maximum absolute atomic E-state index is 13.4. The average Bonchev–Trinajstić information content (AvgIpc) is 3.04. The first-order chi connectivity index (χ1) is 15.4. The van der Waals surface area contributed by atoms with Crippen LogP contribution in [0.25, 0.3) is 5.57 Å². The largest absolute Gasteiger partial charge is 0.497 e. The molecule has 3 aromatic carbocycles. The van der Waals surface area contributed by atoms with Gasteiger partial charge in [-0.1, -0.05) is 23.7 Å². The molecule has 1 aliphatic heterocycles. The van der Waals surface area contributed by atoms with Crippen LogP contribution < -0.4 is 19.7 Å². The van der Waals surface area contributed by atoms with Gasteiger partial charge in [0.25, 0.3) is 11.8 Å². The minimum absolute atomic E-state index is 0.0666. The van der Waals surface area contributed by atoms with Gasteiger partial charge in [-0.2, -0.15) is 0 Å². The molecule has 2 amide bonds. The molecule has 1 N–H and O–H groups in total. The fourth-order valence-corrected chi connectivity index (χ4v) is 3.50. The Morgan fingerprint density at radius 1 is 0.844 bits per heavy atom. The zero-order valence-corrected chi connectivity index (χ0v) is 17.9. The lowest BCUT2D eigenvalue weighted by Crippen LogP contribution is -2.32. The van der Waals surface area contributed by atoms with Crippen molar-refractivity contribution in [3.63, 3.8) is 0 Å². The number of hydrogen-bond acceptors (Lipinski definition) is 5. The summed E-state index contributed by atoms with van der Waals surface area (Å²) in [6, 6.07) is 16.8. The van der Waals surface area contributed by atoms with Gasteiger partial charge < -0.3 is 14.8 Å². The van der Waals surface area contributed by atoms with Gasteiger partial charge in [0.15, 0.2) is 0 Å². The fourth-order valence-electron chi connectivity index (χ4n) is 3.38. The maximum atomic E-state index is 13.4. The Hall–Kier alpha value is -3.84. The Labute approximate surface area is 188 Å². The van der Waals surface area contributed by atoms with Gasteiger partial charge >= 0.3 is 0 Å². The maximum Gasteiger partial charge on any atom is 0.282 e. The van der Waals surface area contributed by atoms with Crippen LogP contribution in [0.2, 0.25) is 5.02 Å². The van der Waals surface area contributed by atoms with Crippen LogP contribution in [-0.2, 0) is 9.59 Å². The molecule has 6 nitrogen and oxygen atoms in total. The van der Waals surface area contributed by atoms with Gasteiger partial charge in [0.1, 0.15) is 23.0 Å². The predicted molar refractivity (Wildman–Crippen MR) is 120 cm³/mol. The molecule has 162 valence electrons. The molecule has 8 heteroatoms. The second-order valence-corrected chi connectivity index (χ2v) is 7.34. The monoisotopic (exact) mass is 452 g/mol. The molecule has 3 aromatic rings.